The van der Waals surface area contributed by atoms with Gasteiger partial charge < -0.3 is 18.9 Å². The van der Waals surface area contributed by atoms with E-state index in [2.05, 4.69) is 36.7 Å². The van der Waals surface area contributed by atoms with Gasteiger partial charge in [-0.1, -0.05) is 56.6 Å². The van der Waals surface area contributed by atoms with Crippen molar-refractivity contribution in [3.8, 4) is 6.07 Å². The van der Waals surface area contributed by atoms with Gasteiger partial charge in [0, 0.05) is 13.5 Å². The molecule has 1 unspecified atom stereocenters. The van der Waals surface area contributed by atoms with E-state index in [1.807, 2.05) is 31.2 Å². The Bertz CT molecular complexity index is 1140. The predicted octanol–water partition coefficient (Wildman–Crippen LogP) is 5.24. The van der Waals surface area contributed by atoms with Gasteiger partial charge in [-0.25, -0.2) is 9.59 Å². The van der Waals surface area contributed by atoms with Crippen molar-refractivity contribution >= 4 is 35.1 Å². The number of benzene rings is 1. The van der Waals surface area contributed by atoms with Crippen molar-refractivity contribution in [2.45, 2.75) is 59.8 Å². The lowest BCUT2D eigenvalue weighted by atomic mass is 9.86. The summed E-state index contributed by atoms with van der Waals surface area (Å²) in [7, 11) is 1.17. The van der Waals surface area contributed by atoms with Crippen molar-refractivity contribution in [1.29, 1.82) is 5.26 Å². The molecule has 2 aromatic rings. The zero-order valence-corrected chi connectivity index (χ0v) is 21.7. The second-order valence-electron chi connectivity index (χ2n) is 8.63. The Morgan fingerprint density at radius 1 is 1.20 bits per heavy atom. The summed E-state index contributed by atoms with van der Waals surface area (Å²) >= 11 is 6.56. The van der Waals surface area contributed by atoms with Crippen LogP contribution in [0.4, 0.5) is 4.79 Å². The fourth-order valence-corrected chi connectivity index (χ4v) is 3.38. The molecule has 10 heteroatoms. The van der Waals surface area contributed by atoms with Gasteiger partial charge >= 0.3 is 12.1 Å². The summed E-state index contributed by atoms with van der Waals surface area (Å²) in [5.74, 6) is -0.646. The number of carbonyl (C=O) groups is 2. The first-order valence-electron chi connectivity index (χ1n) is 11.0. The summed E-state index contributed by atoms with van der Waals surface area (Å²) in [6, 6.07) is 9.73. The highest BCUT2D eigenvalue weighted by molar-refractivity contribution is 6.33. The van der Waals surface area contributed by atoms with Crippen LogP contribution in [0.5, 0.6) is 0 Å². The number of allylic oxidation sites excluding steroid dienone is 1. The predicted molar refractivity (Wildman–Crippen MR) is 130 cm³/mol. The maximum atomic E-state index is 12.0. The van der Waals surface area contributed by atoms with Crippen LogP contribution in [0.25, 0.3) is 11.3 Å². The van der Waals surface area contributed by atoms with E-state index in [9.17, 15) is 14.9 Å². The molecule has 1 heterocycles. The number of hydrogen-bond donors (Lipinski definition) is 0. The zero-order valence-electron chi connectivity index (χ0n) is 21.0. The number of nitrogens with zero attached hydrogens (tertiary/aromatic N) is 3. The van der Waals surface area contributed by atoms with E-state index in [-0.39, 0.29) is 16.7 Å². The number of esters is 1. The molecule has 1 aromatic carbocycles. The van der Waals surface area contributed by atoms with E-state index in [4.69, 9.17) is 25.8 Å². The standard InChI is InChI=1S/C25H30ClN3O6/c1-8-29-22(21(26)15(2)28-29)23(34-16(3)35-24(31)33-14-20(30)32-7)19(13-27)17-9-11-18(12-10-17)25(4,5)6/h9-12,16H,8,14H2,1-7H3/b23-19-. The molecule has 2 rings (SSSR count). The minimum absolute atomic E-state index is 0.0669. The van der Waals surface area contributed by atoms with Crippen LogP contribution in [0.3, 0.4) is 0 Å². The highest BCUT2D eigenvalue weighted by Crippen LogP contribution is 2.35. The number of halogens is 1. The molecule has 0 bridgehead atoms. The van der Waals surface area contributed by atoms with Crippen molar-refractivity contribution in [1.82, 2.24) is 9.78 Å². The summed E-state index contributed by atoms with van der Waals surface area (Å²) in [6.45, 7) is 11.2. The van der Waals surface area contributed by atoms with Crippen LogP contribution < -0.4 is 0 Å². The van der Waals surface area contributed by atoms with E-state index in [1.165, 1.54) is 14.0 Å². The zero-order chi connectivity index (χ0) is 26.3. The Morgan fingerprint density at radius 3 is 2.34 bits per heavy atom. The summed E-state index contributed by atoms with van der Waals surface area (Å²) in [4.78, 5) is 23.2. The maximum absolute atomic E-state index is 12.0. The van der Waals surface area contributed by atoms with Crippen LogP contribution in [-0.4, -0.2) is 41.9 Å². The molecule has 0 saturated carbocycles. The quantitative estimate of drug-likeness (QED) is 0.208. The lowest BCUT2D eigenvalue weighted by Gasteiger charge is -2.21. The van der Waals surface area contributed by atoms with E-state index in [1.54, 1.807) is 11.6 Å². The van der Waals surface area contributed by atoms with Gasteiger partial charge in [-0.15, -0.1) is 0 Å². The average Bonchev–Trinajstić information content (AvgIpc) is 3.10. The van der Waals surface area contributed by atoms with E-state index < -0.39 is 25.0 Å². The Kier molecular flexibility index (Phi) is 9.32. The Hall–Kier alpha value is -3.51. The Morgan fingerprint density at radius 2 is 1.83 bits per heavy atom. The van der Waals surface area contributed by atoms with Gasteiger partial charge in [0.25, 0.3) is 0 Å². The number of rotatable bonds is 8. The third-order valence-electron chi connectivity index (χ3n) is 5.03. The number of methoxy groups -OCH3 is 1. The largest absolute Gasteiger partial charge is 0.511 e. The van der Waals surface area contributed by atoms with Crippen LogP contribution in [0, 0.1) is 18.3 Å². The molecule has 9 nitrogen and oxygen atoms in total. The number of aromatic nitrogens is 2. The van der Waals surface area contributed by atoms with Gasteiger partial charge in [0.15, 0.2) is 12.4 Å². The Balaban J connectivity index is 2.52. The smallest absolute Gasteiger partial charge is 0.466 e. The first-order valence-corrected chi connectivity index (χ1v) is 11.4. The fraction of sp³-hybridized carbons (Fsp3) is 0.440. The molecule has 0 radical (unpaired) electrons. The van der Waals surface area contributed by atoms with Crippen LogP contribution in [0.15, 0.2) is 24.3 Å². The van der Waals surface area contributed by atoms with Crippen LogP contribution in [0.2, 0.25) is 5.02 Å². The van der Waals surface area contributed by atoms with Crippen molar-refractivity contribution < 1.29 is 28.5 Å². The molecule has 0 N–H and O–H groups in total. The highest BCUT2D eigenvalue weighted by Gasteiger charge is 2.26. The molecule has 0 aliphatic carbocycles. The number of nitriles is 1. The van der Waals surface area contributed by atoms with Gasteiger partial charge in [-0.05, 0) is 30.4 Å². The first kappa shape index (κ1) is 27.7. The maximum Gasteiger partial charge on any atom is 0.511 e. The third kappa shape index (κ3) is 6.99. The van der Waals surface area contributed by atoms with Gasteiger partial charge in [0.1, 0.15) is 17.3 Å². The molecule has 0 aliphatic heterocycles. The lowest BCUT2D eigenvalue weighted by Crippen LogP contribution is -2.22. The van der Waals surface area contributed by atoms with Crippen molar-refractivity contribution in [2.24, 2.45) is 0 Å². The normalized spacial score (nSPS) is 12.8. The second kappa shape index (κ2) is 11.8. The average molecular weight is 504 g/mol. The number of hydrogen-bond acceptors (Lipinski definition) is 8. The molecular formula is C25H30ClN3O6. The van der Waals surface area contributed by atoms with Gasteiger partial charge in [-0.3, -0.25) is 4.68 Å². The molecule has 0 fully saturated rings. The summed E-state index contributed by atoms with van der Waals surface area (Å²) < 4.78 is 21.8. The Labute approximate surface area is 210 Å². The molecule has 1 atom stereocenters. The van der Waals surface area contributed by atoms with Gasteiger partial charge in [-0.2, -0.15) is 10.4 Å². The van der Waals surface area contributed by atoms with E-state index in [0.717, 1.165) is 5.56 Å². The van der Waals surface area contributed by atoms with Crippen LogP contribution in [-0.2, 0) is 35.7 Å². The number of carbonyl (C=O) groups excluding carboxylic acids is 2. The van der Waals surface area contributed by atoms with Crippen molar-refractivity contribution in [2.75, 3.05) is 13.7 Å². The molecule has 188 valence electrons. The van der Waals surface area contributed by atoms with Crippen LogP contribution in [0.1, 0.15) is 57.1 Å². The van der Waals surface area contributed by atoms with E-state index >= 15 is 0 Å². The summed E-state index contributed by atoms with van der Waals surface area (Å²) in [6.07, 6.45) is -2.33. The van der Waals surface area contributed by atoms with Crippen molar-refractivity contribution in [3.05, 3.63) is 51.8 Å². The molecule has 0 aliphatic rings. The molecule has 1 aromatic heterocycles. The minimum Gasteiger partial charge on any atom is -0.466 e. The number of aryl methyl sites for hydroxylation is 2. The van der Waals surface area contributed by atoms with Gasteiger partial charge in [0.2, 0.25) is 6.29 Å². The van der Waals surface area contributed by atoms with E-state index in [0.29, 0.717) is 28.5 Å². The first-order chi connectivity index (χ1) is 16.4. The minimum atomic E-state index is -1.19. The van der Waals surface area contributed by atoms with Crippen LogP contribution >= 0.6 is 11.6 Å². The summed E-state index contributed by atoms with van der Waals surface area (Å²) in [5.41, 5.74) is 2.73. The third-order valence-corrected chi connectivity index (χ3v) is 5.48. The van der Waals surface area contributed by atoms with Crippen molar-refractivity contribution in [3.63, 3.8) is 0 Å². The SMILES string of the molecule is CCn1nc(C)c(Cl)c1/C(OC(C)OC(=O)OCC(=O)OC)=C(\C#N)c1ccc(C(C)(C)C)cc1. The van der Waals surface area contributed by atoms with Gasteiger partial charge in [0.05, 0.1) is 17.8 Å². The molecular weight excluding hydrogens is 474 g/mol. The second-order valence-corrected chi connectivity index (χ2v) is 9.00. The highest BCUT2D eigenvalue weighted by atomic mass is 35.5. The molecule has 0 saturated heterocycles. The fourth-order valence-electron chi connectivity index (χ4n) is 3.16. The lowest BCUT2D eigenvalue weighted by molar-refractivity contribution is -0.146. The monoisotopic (exact) mass is 503 g/mol. The summed E-state index contributed by atoms with van der Waals surface area (Å²) in [5, 5.41) is 14.8. The molecule has 0 amide bonds. The molecule has 0 spiro atoms. The molecule has 35 heavy (non-hydrogen) atoms. The number of ether oxygens (including phenoxy) is 4. The topological polar surface area (TPSA) is 113 Å².